The molecule has 2 nitrogen and oxygen atoms in total. The van der Waals surface area contributed by atoms with E-state index in [1.165, 1.54) is 12.8 Å². The van der Waals surface area contributed by atoms with E-state index in [1.807, 2.05) is 30.3 Å². The molecule has 1 aromatic rings. The van der Waals surface area contributed by atoms with E-state index < -0.39 is 0 Å². The number of carbonyl (C=O) groups excluding carboxylic acids is 1. The van der Waals surface area contributed by atoms with Gasteiger partial charge in [-0.25, -0.2) is 0 Å². The Hall–Kier alpha value is -1.31. The standard InChI is InChI=1S/C15H20O2/c1-2-12-8-6-7-11-14(12)15(16)17-13-9-4-3-5-10-13/h3-5,9-10,12,14H,2,6-8,11H2,1H3. The van der Waals surface area contributed by atoms with Gasteiger partial charge in [0.25, 0.3) is 0 Å². The molecule has 2 rings (SSSR count). The van der Waals surface area contributed by atoms with Crippen LogP contribution in [0.2, 0.25) is 0 Å². The van der Waals surface area contributed by atoms with Crippen LogP contribution in [0, 0.1) is 11.8 Å². The molecule has 0 N–H and O–H groups in total. The van der Waals surface area contributed by atoms with Gasteiger partial charge in [0, 0.05) is 0 Å². The highest BCUT2D eigenvalue weighted by atomic mass is 16.5. The quantitative estimate of drug-likeness (QED) is 0.585. The SMILES string of the molecule is CCC1CCCCC1C(=O)Oc1ccccc1. The smallest absolute Gasteiger partial charge is 0.314 e. The van der Waals surface area contributed by atoms with E-state index in [9.17, 15) is 4.79 Å². The molecule has 1 aromatic carbocycles. The summed E-state index contributed by atoms with van der Waals surface area (Å²) in [5, 5.41) is 0. The Morgan fingerprint density at radius 3 is 2.65 bits per heavy atom. The van der Waals surface area contributed by atoms with Crippen LogP contribution in [0.4, 0.5) is 0 Å². The van der Waals surface area contributed by atoms with Crippen molar-refractivity contribution in [1.29, 1.82) is 0 Å². The fraction of sp³-hybridized carbons (Fsp3) is 0.533. The maximum atomic E-state index is 12.1. The van der Waals surface area contributed by atoms with Crippen molar-refractivity contribution in [2.45, 2.75) is 39.0 Å². The summed E-state index contributed by atoms with van der Waals surface area (Å²) in [6.45, 7) is 2.17. The number of para-hydroxylation sites is 1. The summed E-state index contributed by atoms with van der Waals surface area (Å²) in [4.78, 5) is 12.1. The molecule has 0 radical (unpaired) electrons. The number of hydrogen-bond acceptors (Lipinski definition) is 2. The number of rotatable bonds is 3. The molecule has 0 aliphatic heterocycles. The lowest BCUT2D eigenvalue weighted by atomic mass is 9.78. The molecule has 2 atom stereocenters. The first kappa shape index (κ1) is 12.2. The van der Waals surface area contributed by atoms with Gasteiger partial charge in [0.15, 0.2) is 0 Å². The molecule has 2 unspecified atom stereocenters. The first-order valence-corrected chi connectivity index (χ1v) is 6.58. The zero-order valence-corrected chi connectivity index (χ0v) is 10.4. The first-order valence-electron chi connectivity index (χ1n) is 6.58. The average molecular weight is 232 g/mol. The van der Waals surface area contributed by atoms with E-state index >= 15 is 0 Å². The van der Waals surface area contributed by atoms with Gasteiger partial charge in [-0.3, -0.25) is 4.79 Å². The number of hydrogen-bond donors (Lipinski definition) is 0. The lowest BCUT2D eigenvalue weighted by Gasteiger charge is -2.28. The van der Waals surface area contributed by atoms with Crippen LogP contribution in [0.15, 0.2) is 30.3 Å². The lowest BCUT2D eigenvalue weighted by molar-refractivity contribution is -0.142. The highest BCUT2D eigenvalue weighted by Crippen LogP contribution is 2.33. The van der Waals surface area contributed by atoms with Gasteiger partial charge in [0.05, 0.1) is 5.92 Å². The highest BCUT2D eigenvalue weighted by molar-refractivity contribution is 5.75. The first-order chi connectivity index (χ1) is 8.31. The molecule has 17 heavy (non-hydrogen) atoms. The van der Waals surface area contributed by atoms with Gasteiger partial charge in [-0.1, -0.05) is 44.4 Å². The Labute approximate surface area is 103 Å². The number of carbonyl (C=O) groups is 1. The number of benzene rings is 1. The molecular formula is C15H20O2. The maximum absolute atomic E-state index is 12.1. The number of ether oxygens (including phenoxy) is 1. The van der Waals surface area contributed by atoms with Crippen LogP contribution < -0.4 is 4.74 Å². The number of esters is 1. The zero-order chi connectivity index (χ0) is 12.1. The van der Waals surface area contributed by atoms with E-state index in [0.717, 1.165) is 19.3 Å². The summed E-state index contributed by atoms with van der Waals surface area (Å²) in [7, 11) is 0. The highest BCUT2D eigenvalue weighted by Gasteiger charge is 2.31. The third kappa shape index (κ3) is 3.09. The third-order valence-electron chi connectivity index (χ3n) is 3.70. The van der Waals surface area contributed by atoms with Crippen molar-refractivity contribution in [3.05, 3.63) is 30.3 Å². The Kier molecular flexibility index (Phi) is 4.18. The summed E-state index contributed by atoms with van der Waals surface area (Å²) in [5.41, 5.74) is 0. The van der Waals surface area contributed by atoms with Gasteiger partial charge < -0.3 is 4.74 Å². The van der Waals surface area contributed by atoms with Crippen molar-refractivity contribution in [3.8, 4) is 5.75 Å². The third-order valence-corrected chi connectivity index (χ3v) is 3.70. The molecule has 1 saturated carbocycles. The van der Waals surface area contributed by atoms with E-state index in [2.05, 4.69) is 6.92 Å². The minimum Gasteiger partial charge on any atom is -0.426 e. The van der Waals surface area contributed by atoms with Crippen LogP contribution in [-0.4, -0.2) is 5.97 Å². The van der Waals surface area contributed by atoms with Crippen LogP contribution in [0.5, 0.6) is 5.75 Å². The van der Waals surface area contributed by atoms with Gasteiger partial charge in [0.2, 0.25) is 0 Å². The van der Waals surface area contributed by atoms with Crippen molar-refractivity contribution >= 4 is 5.97 Å². The molecule has 1 aliphatic carbocycles. The second kappa shape index (κ2) is 5.85. The molecule has 0 aromatic heterocycles. The predicted octanol–water partition coefficient (Wildman–Crippen LogP) is 3.81. The van der Waals surface area contributed by atoms with Gasteiger partial charge in [-0.15, -0.1) is 0 Å². The van der Waals surface area contributed by atoms with Crippen molar-refractivity contribution in [1.82, 2.24) is 0 Å². The summed E-state index contributed by atoms with van der Waals surface area (Å²) in [5.74, 6) is 1.24. The molecular weight excluding hydrogens is 212 g/mol. The largest absolute Gasteiger partial charge is 0.426 e. The predicted molar refractivity (Wildman–Crippen MR) is 67.8 cm³/mol. The molecule has 0 bridgehead atoms. The molecule has 0 amide bonds. The Bertz CT molecular complexity index is 358. The van der Waals surface area contributed by atoms with Gasteiger partial charge in [0.1, 0.15) is 5.75 Å². The molecule has 1 fully saturated rings. The lowest BCUT2D eigenvalue weighted by Crippen LogP contribution is -2.30. The van der Waals surface area contributed by atoms with Crippen LogP contribution in [0.1, 0.15) is 39.0 Å². The second-order valence-corrected chi connectivity index (χ2v) is 4.79. The minimum atomic E-state index is -0.0391. The van der Waals surface area contributed by atoms with Gasteiger partial charge >= 0.3 is 5.97 Å². The molecule has 0 spiro atoms. The van der Waals surface area contributed by atoms with E-state index in [0.29, 0.717) is 11.7 Å². The summed E-state index contributed by atoms with van der Waals surface area (Å²) < 4.78 is 5.45. The summed E-state index contributed by atoms with van der Waals surface area (Å²) in [6.07, 6.45) is 5.66. The topological polar surface area (TPSA) is 26.3 Å². The fourth-order valence-corrected chi connectivity index (χ4v) is 2.69. The molecule has 0 heterocycles. The Balaban J connectivity index is 1.99. The minimum absolute atomic E-state index is 0.0391. The Morgan fingerprint density at radius 2 is 1.94 bits per heavy atom. The van der Waals surface area contributed by atoms with Gasteiger partial charge in [-0.05, 0) is 30.9 Å². The van der Waals surface area contributed by atoms with E-state index in [-0.39, 0.29) is 11.9 Å². The van der Waals surface area contributed by atoms with Gasteiger partial charge in [-0.2, -0.15) is 0 Å². The van der Waals surface area contributed by atoms with Crippen LogP contribution >= 0.6 is 0 Å². The monoisotopic (exact) mass is 232 g/mol. The van der Waals surface area contributed by atoms with Crippen LogP contribution in [0.25, 0.3) is 0 Å². The van der Waals surface area contributed by atoms with Crippen molar-refractivity contribution in [3.63, 3.8) is 0 Å². The second-order valence-electron chi connectivity index (χ2n) is 4.79. The Morgan fingerprint density at radius 1 is 1.24 bits per heavy atom. The average Bonchev–Trinajstić information content (AvgIpc) is 2.40. The fourth-order valence-electron chi connectivity index (χ4n) is 2.69. The maximum Gasteiger partial charge on any atom is 0.314 e. The zero-order valence-electron chi connectivity index (χ0n) is 10.4. The van der Waals surface area contributed by atoms with Crippen LogP contribution in [-0.2, 0) is 4.79 Å². The molecule has 92 valence electrons. The van der Waals surface area contributed by atoms with Crippen LogP contribution in [0.3, 0.4) is 0 Å². The van der Waals surface area contributed by atoms with Crippen molar-refractivity contribution in [2.75, 3.05) is 0 Å². The van der Waals surface area contributed by atoms with Crippen molar-refractivity contribution < 1.29 is 9.53 Å². The van der Waals surface area contributed by atoms with E-state index in [4.69, 9.17) is 4.74 Å². The molecule has 0 saturated heterocycles. The summed E-state index contributed by atoms with van der Waals surface area (Å²) >= 11 is 0. The van der Waals surface area contributed by atoms with E-state index in [1.54, 1.807) is 0 Å². The summed E-state index contributed by atoms with van der Waals surface area (Å²) in [6, 6.07) is 9.37. The molecule has 2 heteroatoms. The normalized spacial score (nSPS) is 24.3. The molecule has 1 aliphatic rings. The van der Waals surface area contributed by atoms with Crippen molar-refractivity contribution in [2.24, 2.45) is 11.8 Å².